The summed E-state index contributed by atoms with van der Waals surface area (Å²) in [6.07, 6.45) is -3.52. The number of aromatic amines is 1. The number of carboxylic acids is 1. The molecular formula is C10H9NO6. The molecule has 0 fully saturated rings. The van der Waals surface area contributed by atoms with Gasteiger partial charge in [-0.2, -0.15) is 0 Å². The van der Waals surface area contributed by atoms with Gasteiger partial charge < -0.3 is 19.7 Å². The number of aromatic nitrogens is 1. The van der Waals surface area contributed by atoms with E-state index in [0.29, 0.717) is 5.52 Å². The molecule has 0 bridgehead atoms. The Morgan fingerprint density at radius 1 is 1.35 bits per heavy atom. The number of rotatable bonds is 3. The number of aliphatic carboxylic acids is 1. The van der Waals surface area contributed by atoms with Gasteiger partial charge in [-0.15, -0.1) is 0 Å². The molecule has 0 saturated carbocycles. The lowest BCUT2D eigenvalue weighted by molar-refractivity contribution is -0.153. The van der Waals surface area contributed by atoms with Gasteiger partial charge in [0.05, 0.1) is 5.52 Å². The first-order valence-corrected chi connectivity index (χ1v) is 4.71. The van der Waals surface area contributed by atoms with Crippen LogP contribution in [0, 0.1) is 0 Å². The number of nitrogens with one attached hydrogen (secondary N) is 1. The van der Waals surface area contributed by atoms with Crippen LogP contribution in [0.4, 0.5) is 0 Å². The molecule has 2 unspecified atom stereocenters. The van der Waals surface area contributed by atoms with Crippen LogP contribution < -0.4 is 5.76 Å². The maximum absolute atomic E-state index is 10.9. The molecule has 2 aromatic rings. The smallest absolute Gasteiger partial charge is 0.417 e. The maximum atomic E-state index is 10.9. The summed E-state index contributed by atoms with van der Waals surface area (Å²) in [5.41, 5.74) is 0.759. The van der Waals surface area contributed by atoms with Gasteiger partial charge in [-0.25, -0.2) is 9.59 Å². The highest BCUT2D eigenvalue weighted by atomic mass is 16.4. The monoisotopic (exact) mass is 239 g/mol. The minimum atomic E-state index is -1.93. The van der Waals surface area contributed by atoms with Gasteiger partial charge >= 0.3 is 11.7 Å². The molecule has 0 radical (unpaired) electrons. The van der Waals surface area contributed by atoms with E-state index in [2.05, 4.69) is 4.98 Å². The molecule has 7 heteroatoms. The van der Waals surface area contributed by atoms with Crippen molar-refractivity contribution >= 4 is 17.1 Å². The molecule has 1 aromatic carbocycles. The quantitative estimate of drug-likeness (QED) is 0.577. The largest absolute Gasteiger partial charge is 0.479 e. The molecule has 0 aliphatic rings. The van der Waals surface area contributed by atoms with E-state index in [-0.39, 0.29) is 11.1 Å². The zero-order chi connectivity index (χ0) is 12.6. The van der Waals surface area contributed by atoms with E-state index in [1.807, 2.05) is 0 Å². The first kappa shape index (κ1) is 11.4. The van der Waals surface area contributed by atoms with Crippen LogP contribution in [0.15, 0.2) is 27.4 Å². The number of aliphatic hydroxyl groups excluding tert-OH is 2. The molecular weight excluding hydrogens is 230 g/mol. The number of fused-ring (bicyclic) bond motifs is 1. The third-order valence-electron chi connectivity index (χ3n) is 2.34. The number of carboxylic acid groups (broad SMARTS) is 1. The van der Waals surface area contributed by atoms with Gasteiger partial charge in [0.2, 0.25) is 0 Å². The van der Waals surface area contributed by atoms with Crippen LogP contribution in [-0.2, 0) is 4.79 Å². The lowest BCUT2D eigenvalue weighted by Gasteiger charge is -2.13. The van der Waals surface area contributed by atoms with Crippen molar-refractivity contribution in [3.63, 3.8) is 0 Å². The molecule has 2 rings (SSSR count). The zero-order valence-electron chi connectivity index (χ0n) is 8.45. The number of H-pyrrole nitrogens is 1. The highest BCUT2D eigenvalue weighted by Crippen LogP contribution is 2.21. The Hall–Kier alpha value is -2.12. The Morgan fingerprint density at radius 3 is 2.71 bits per heavy atom. The highest BCUT2D eigenvalue weighted by molar-refractivity contribution is 5.75. The standard InChI is InChI=1S/C10H9NO6/c12-7(8(13)9(14)15)4-1-2-5-6(3-4)17-10(16)11-5/h1-3,7-8,12-13H,(H,11,16)(H,14,15). The van der Waals surface area contributed by atoms with Crippen molar-refractivity contribution < 1.29 is 24.5 Å². The van der Waals surface area contributed by atoms with E-state index in [4.69, 9.17) is 9.52 Å². The summed E-state index contributed by atoms with van der Waals surface area (Å²) in [7, 11) is 0. The molecule has 0 amide bonds. The lowest BCUT2D eigenvalue weighted by atomic mass is 10.0. The van der Waals surface area contributed by atoms with E-state index in [1.165, 1.54) is 18.2 Å². The lowest BCUT2D eigenvalue weighted by Crippen LogP contribution is -2.27. The average molecular weight is 239 g/mol. The Kier molecular flexibility index (Phi) is 2.70. The van der Waals surface area contributed by atoms with Crippen LogP contribution in [0.1, 0.15) is 11.7 Å². The van der Waals surface area contributed by atoms with Crippen molar-refractivity contribution in [3.8, 4) is 0 Å². The summed E-state index contributed by atoms with van der Waals surface area (Å²) < 4.78 is 4.75. The van der Waals surface area contributed by atoms with Gasteiger partial charge in [-0.1, -0.05) is 6.07 Å². The van der Waals surface area contributed by atoms with Crippen LogP contribution in [-0.4, -0.2) is 32.4 Å². The summed E-state index contributed by atoms with van der Waals surface area (Å²) in [4.78, 5) is 23.8. The highest BCUT2D eigenvalue weighted by Gasteiger charge is 2.25. The fraction of sp³-hybridized carbons (Fsp3) is 0.200. The van der Waals surface area contributed by atoms with E-state index in [0.717, 1.165) is 0 Å². The number of aliphatic hydroxyl groups is 2. The number of benzene rings is 1. The number of carbonyl (C=O) groups is 1. The van der Waals surface area contributed by atoms with Crippen molar-refractivity contribution in [2.24, 2.45) is 0 Å². The average Bonchev–Trinajstić information content (AvgIpc) is 2.65. The normalized spacial score (nSPS) is 14.7. The van der Waals surface area contributed by atoms with Gasteiger partial charge in [-0.05, 0) is 17.7 Å². The number of hydrogen-bond acceptors (Lipinski definition) is 5. The topological polar surface area (TPSA) is 124 Å². The van der Waals surface area contributed by atoms with Crippen molar-refractivity contribution in [2.45, 2.75) is 12.2 Å². The van der Waals surface area contributed by atoms with Crippen LogP contribution in [0.2, 0.25) is 0 Å². The maximum Gasteiger partial charge on any atom is 0.417 e. The molecule has 4 N–H and O–H groups in total. The Labute approximate surface area is 93.9 Å². The second-order valence-electron chi connectivity index (χ2n) is 3.50. The minimum absolute atomic E-state index is 0.148. The van der Waals surface area contributed by atoms with Crippen molar-refractivity contribution in [1.82, 2.24) is 4.98 Å². The van der Waals surface area contributed by atoms with Crippen molar-refractivity contribution in [2.75, 3.05) is 0 Å². The van der Waals surface area contributed by atoms with Gasteiger partial charge in [-0.3, -0.25) is 4.98 Å². The van der Waals surface area contributed by atoms with Crippen LogP contribution >= 0.6 is 0 Å². The Morgan fingerprint density at radius 2 is 2.06 bits per heavy atom. The number of hydrogen-bond donors (Lipinski definition) is 4. The molecule has 7 nitrogen and oxygen atoms in total. The molecule has 1 heterocycles. The molecule has 0 aliphatic heterocycles. The molecule has 0 saturated heterocycles. The summed E-state index contributed by atoms with van der Waals surface area (Å²) in [6.45, 7) is 0. The summed E-state index contributed by atoms with van der Waals surface area (Å²) in [5, 5.41) is 27.3. The molecule has 17 heavy (non-hydrogen) atoms. The predicted octanol–water partition coefficient (Wildman–Crippen LogP) is -0.400. The number of oxazole rings is 1. The van der Waals surface area contributed by atoms with Crippen LogP contribution in [0.3, 0.4) is 0 Å². The van der Waals surface area contributed by atoms with E-state index < -0.39 is 23.9 Å². The van der Waals surface area contributed by atoms with Gasteiger partial charge in [0.1, 0.15) is 6.10 Å². The molecule has 0 aliphatic carbocycles. The van der Waals surface area contributed by atoms with Gasteiger partial charge in [0, 0.05) is 0 Å². The second-order valence-corrected chi connectivity index (χ2v) is 3.50. The molecule has 1 aromatic heterocycles. The van der Waals surface area contributed by atoms with E-state index in [9.17, 15) is 19.8 Å². The first-order valence-electron chi connectivity index (χ1n) is 4.71. The van der Waals surface area contributed by atoms with Crippen molar-refractivity contribution in [3.05, 3.63) is 34.3 Å². The SMILES string of the molecule is O=C(O)C(O)C(O)c1ccc2[nH]c(=O)oc2c1. The predicted molar refractivity (Wildman–Crippen MR) is 55.4 cm³/mol. The fourth-order valence-corrected chi connectivity index (χ4v) is 1.46. The third-order valence-corrected chi connectivity index (χ3v) is 2.34. The third kappa shape index (κ3) is 2.05. The zero-order valence-corrected chi connectivity index (χ0v) is 8.45. The first-order chi connectivity index (χ1) is 7.99. The minimum Gasteiger partial charge on any atom is -0.479 e. The van der Waals surface area contributed by atoms with E-state index in [1.54, 1.807) is 0 Å². The Balaban J connectivity index is 2.42. The molecule has 2 atom stereocenters. The Bertz CT molecular complexity index is 613. The summed E-state index contributed by atoms with van der Waals surface area (Å²) in [6, 6.07) is 4.14. The second kappa shape index (κ2) is 4.04. The van der Waals surface area contributed by atoms with Gasteiger partial charge in [0.15, 0.2) is 11.7 Å². The van der Waals surface area contributed by atoms with E-state index >= 15 is 0 Å². The fourth-order valence-electron chi connectivity index (χ4n) is 1.46. The van der Waals surface area contributed by atoms with Crippen molar-refractivity contribution in [1.29, 1.82) is 0 Å². The summed E-state index contributed by atoms with van der Waals surface area (Å²) in [5.74, 6) is -2.18. The van der Waals surface area contributed by atoms with Crippen LogP contribution in [0.5, 0.6) is 0 Å². The van der Waals surface area contributed by atoms with Crippen LogP contribution in [0.25, 0.3) is 11.1 Å². The van der Waals surface area contributed by atoms with Gasteiger partial charge in [0.25, 0.3) is 0 Å². The molecule has 90 valence electrons. The molecule has 0 spiro atoms. The summed E-state index contributed by atoms with van der Waals surface area (Å²) >= 11 is 0.